The van der Waals surface area contributed by atoms with Gasteiger partial charge in [0.1, 0.15) is 6.04 Å². The molecule has 1 aliphatic heterocycles. The molecule has 1 rings (SSSR count). The summed E-state index contributed by atoms with van der Waals surface area (Å²) < 4.78 is 5.19. The van der Waals surface area contributed by atoms with Crippen molar-refractivity contribution in [1.82, 2.24) is 4.90 Å². The van der Waals surface area contributed by atoms with E-state index < -0.39 is 0 Å². The number of esters is 1. The number of ether oxygens (including phenoxy) is 1. The summed E-state index contributed by atoms with van der Waals surface area (Å²) in [6.45, 7) is 7.85. The number of hydrogen-bond acceptors (Lipinski definition) is 3. The van der Waals surface area contributed by atoms with Gasteiger partial charge in [-0.25, -0.2) is 0 Å². The van der Waals surface area contributed by atoms with E-state index >= 15 is 0 Å². The fourth-order valence-electron chi connectivity index (χ4n) is 1.78. The van der Waals surface area contributed by atoms with Crippen molar-refractivity contribution in [2.24, 2.45) is 0 Å². The van der Waals surface area contributed by atoms with Crippen molar-refractivity contribution in [1.29, 1.82) is 0 Å². The topological polar surface area (TPSA) is 29.5 Å². The Labute approximate surface area is 80.1 Å². The van der Waals surface area contributed by atoms with Gasteiger partial charge in [-0.1, -0.05) is 6.92 Å². The molecule has 0 N–H and O–H groups in total. The Kier molecular flexibility index (Phi) is 3.72. The van der Waals surface area contributed by atoms with E-state index in [2.05, 4.69) is 11.8 Å². The summed E-state index contributed by atoms with van der Waals surface area (Å²) in [7, 11) is 0. The highest BCUT2D eigenvalue weighted by Gasteiger charge is 2.30. The smallest absolute Gasteiger partial charge is 0.323 e. The number of likely N-dealkylation sites (tertiary alicyclic amines) is 1. The van der Waals surface area contributed by atoms with E-state index in [-0.39, 0.29) is 18.1 Å². The summed E-state index contributed by atoms with van der Waals surface area (Å²) in [5.74, 6) is -0.0469. The van der Waals surface area contributed by atoms with Crippen molar-refractivity contribution in [2.45, 2.75) is 45.8 Å². The monoisotopic (exact) mass is 185 g/mol. The Morgan fingerprint density at radius 3 is 2.85 bits per heavy atom. The molecule has 76 valence electrons. The predicted octanol–water partition coefficient (Wildman–Crippen LogP) is 1.42. The average molecular weight is 185 g/mol. The molecule has 0 saturated carbocycles. The molecule has 0 spiro atoms. The molecule has 1 fully saturated rings. The highest BCUT2D eigenvalue weighted by atomic mass is 16.5. The van der Waals surface area contributed by atoms with Gasteiger partial charge >= 0.3 is 5.97 Å². The molecule has 0 unspecified atom stereocenters. The SMILES string of the molecule is CCN1CCC[C@@H]1C(=O)OC(C)C. The van der Waals surface area contributed by atoms with Crippen LogP contribution in [0.5, 0.6) is 0 Å². The lowest BCUT2D eigenvalue weighted by atomic mass is 10.2. The van der Waals surface area contributed by atoms with E-state index in [1.807, 2.05) is 13.8 Å². The first-order chi connectivity index (χ1) is 6.15. The molecule has 1 aliphatic rings. The van der Waals surface area contributed by atoms with Crippen LogP contribution in [0.15, 0.2) is 0 Å². The maximum absolute atomic E-state index is 11.6. The number of rotatable bonds is 3. The van der Waals surface area contributed by atoms with Gasteiger partial charge in [0.15, 0.2) is 0 Å². The van der Waals surface area contributed by atoms with Gasteiger partial charge in [0.2, 0.25) is 0 Å². The molecule has 1 atom stereocenters. The first-order valence-electron chi connectivity index (χ1n) is 5.09. The van der Waals surface area contributed by atoms with E-state index in [0.717, 1.165) is 25.9 Å². The van der Waals surface area contributed by atoms with Gasteiger partial charge in [0.05, 0.1) is 6.10 Å². The van der Waals surface area contributed by atoms with Crippen LogP contribution in [0, 0.1) is 0 Å². The van der Waals surface area contributed by atoms with E-state index in [1.165, 1.54) is 0 Å². The third-order valence-electron chi connectivity index (χ3n) is 2.39. The van der Waals surface area contributed by atoms with Crippen molar-refractivity contribution < 1.29 is 9.53 Å². The van der Waals surface area contributed by atoms with Gasteiger partial charge < -0.3 is 4.74 Å². The summed E-state index contributed by atoms with van der Waals surface area (Å²) in [5, 5.41) is 0. The van der Waals surface area contributed by atoms with Crippen LogP contribution in [0.2, 0.25) is 0 Å². The Balaban J connectivity index is 2.45. The minimum absolute atomic E-state index is 0.00630. The number of likely N-dealkylation sites (N-methyl/N-ethyl adjacent to an activating group) is 1. The highest BCUT2D eigenvalue weighted by Crippen LogP contribution is 2.18. The van der Waals surface area contributed by atoms with Crippen LogP contribution in [-0.2, 0) is 9.53 Å². The second-order valence-corrected chi connectivity index (χ2v) is 3.77. The zero-order chi connectivity index (χ0) is 9.84. The molecule has 0 radical (unpaired) electrons. The summed E-state index contributed by atoms with van der Waals surface area (Å²) in [4.78, 5) is 13.7. The molecule has 3 heteroatoms. The van der Waals surface area contributed by atoms with Gasteiger partial charge in [-0.05, 0) is 39.8 Å². The van der Waals surface area contributed by atoms with Gasteiger partial charge in [0.25, 0.3) is 0 Å². The van der Waals surface area contributed by atoms with Crippen LogP contribution in [0.4, 0.5) is 0 Å². The summed E-state index contributed by atoms with van der Waals surface area (Å²) in [5.41, 5.74) is 0. The Bertz CT molecular complexity index is 180. The third-order valence-corrected chi connectivity index (χ3v) is 2.39. The first-order valence-corrected chi connectivity index (χ1v) is 5.09. The number of hydrogen-bond donors (Lipinski definition) is 0. The lowest BCUT2D eigenvalue weighted by Crippen LogP contribution is -2.38. The summed E-state index contributed by atoms with van der Waals surface area (Å²) >= 11 is 0. The molecule has 0 aromatic rings. The summed E-state index contributed by atoms with van der Waals surface area (Å²) in [6.07, 6.45) is 2.08. The lowest BCUT2D eigenvalue weighted by molar-refractivity contribution is -0.152. The lowest BCUT2D eigenvalue weighted by Gasteiger charge is -2.21. The maximum atomic E-state index is 11.6. The molecule has 1 saturated heterocycles. The van der Waals surface area contributed by atoms with Crippen LogP contribution >= 0.6 is 0 Å². The third kappa shape index (κ3) is 2.69. The molecular formula is C10H19NO2. The molecule has 0 amide bonds. The molecule has 0 aromatic carbocycles. The van der Waals surface area contributed by atoms with E-state index in [1.54, 1.807) is 0 Å². The first kappa shape index (κ1) is 10.5. The minimum Gasteiger partial charge on any atom is -0.462 e. The Morgan fingerprint density at radius 2 is 2.31 bits per heavy atom. The van der Waals surface area contributed by atoms with Crippen LogP contribution < -0.4 is 0 Å². The second-order valence-electron chi connectivity index (χ2n) is 3.77. The Hall–Kier alpha value is -0.570. The van der Waals surface area contributed by atoms with Crippen molar-refractivity contribution in [3.8, 4) is 0 Å². The van der Waals surface area contributed by atoms with Gasteiger partial charge in [0, 0.05) is 0 Å². The van der Waals surface area contributed by atoms with Crippen LogP contribution in [0.3, 0.4) is 0 Å². The zero-order valence-electron chi connectivity index (χ0n) is 8.75. The quantitative estimate of drug-likeness (QED) is 0.623. The fourth-order valence-corrected chi connectivity index (χ4v) is 1.78. The van der Waals surface area contributed by atoms with Crippen LogP contribution in [-0.4, -0.2) is 36.1 Å². The molecule has 0 bridgehead atoms. The number of carbonyl (C=O) groups is 1. The van der Waals surface area contributed by atoms with E-state index in [4.69, 9.17) is 4.74 Å². The standard InChI is InChI=1S/C10H19NO2/c1-4-11-7-5-6-9(11)10(12)13-8(2)3/h8-9H,4-7H2,1-3H3/t9-/m1/s1. The Morgan fingerprint density at radius 1 is 1.62 bits per heavy atom. The highest BCUT2D eigenvalue weighted by molar-refractivity contribution is 5.76. The predicted molar refractivity (Wildman–Crippen MR) is 51.5 cm³/mol. The van der Waals surface area contributed by atoms with Crippen molar-refractivity contribution in [2.75, 3.05) is 13.1 Å². The fraction of sp³-hybridized carbons (Fsp3) is 0.900. The number of carbonyl (C=O) groups excluding carboxylic acids is 1. The molecule has 13 heavy (non-hydrogen) atoms. The molecule has 3 nitrogen and oxygen atoms in total. The van der Waals surface area contributed by atoms with Crippen LogP contribution in [0.1, 0.15) is 33.6 Å². The van der Waals surface area contributed by atoms with Crippen molar-refractivity contribution in [3.63, 3.8) is 0 Å². The summed E-state index contributed by atoms with van der Waals surface area (Å²) in [6, 6.07) is 0.0207. The van der Waals surface area contributed by atoms with Crippen LogP contribution in [0.25, 0.3) is 0 Å². The van der Waals surface area contributed by atoms with Gasteiger partial charge in [-0.15, -0.1) is 0 Å². The molecule has 0 aromatic heterocycles. The van der Waals surface area contributed by atoms with E-state index in [9.17, 15) is 4.79 Å². The number of nitrogens with zero attached hydrogens (tertiary/aromatic N) is 1. The van der Waals surface area contributed by atoms with Gasteiger partial charge in [-0.2, -0.15) is 0 Å². The normalized spacial score (nSPS) is 23.8. The molecular weight excluding hydrogens is 166 g/mol. The second kappa shape index (κ2) is 4.61. The van der Waals surface area contributed by atoms with E-state index in [0.29, 0.717) is 0 Å². The largest absolute Gasteiger partial charge is 0.462 e. The molecule has 1 heterocycles. The minimum atomic E-state index is -0.0469. The average Bonchev–Trinajstić information content (AvgIpc) is 2.49. The maximum Gasteiger partial charge on any atom is 0.323 e. The van der Waals surface area contributed by atoms with Crippen molar-refractivity contribution in [3.05, 3.63) is 0 Å². The van der Waals surface area contributed by atoms with Gasteiger partial charge in [-0.3, -0.25) is 9.69 Å². The van der Waals surface area contributed by atoms with Crippen molar-refractivity contribution >= 4 is 5.97 Å². The zero-order valence-corrected chi connectivity index (χ0v) is 8.75. The molecule has 0 aliphatic carbocycles.